The molecule has 2 saturated heterocycles. The van der Waals surface area contributed by atoms with E-state index in [4.69, 9.17) is 14.5 Å². The first-order chi connectivity index (χ1) is 14.2. The third-order valence-corrected chi connectivity index (χ3v) is 7.13. The monoisotopic (exact) mass is 414 g/mol. The minimum absolute atomic E-state index is 0.0937. The number of nitrogens with zero attached hydrogens (tertiary/aromatic N) is 4. The number of fused-ring (bicyclic) bond motifs is 4. The van der Waals surface area contributed by atoms with Crippen LogP contribution in [0.3, 0.4) is 0 Å². The quantitative estimate of drug-likeness (QED) is 0.669. The molecule has 2 unspecified atom stereocenters. The fraction of sp³-hybridized carbons (Fsp3) is 0.571. The second kappa shape index (κ2) is 7.99. The lowest BCUT2D eigenvalue weighted by Gasteiger charge is -2.35. The van der Waals surface area contributed by atoms with Gasteiger partial charge in [-0.25, -0.2) is 4.99 Å². The maximum absolute atomic E-state index is 12.9. The first kappa shape index (κ1) is 18.9. The van der Waals surface area contributed by atoms with Crippen molar-refractivity contribution in [3.05, 3.63) is 17.7 Å². The van der Waals surface area contributed by atoms with Gasteiger partial charge in [0.2, 0.25) is 5.91 Å². The molecule has 4 aliphatic heterocycles. The first-order valence-electron chi connectivity index (χ1n) is 10.4. The van der Waals surface area contributed by atoms with E-state index in [-0.39, 0.29) is 18.0 Å². The smallest absolute Gasteiger partial charge is 0.239 e. The Balaban J connectivity index is 1.37. The van der Waals surface area contributed by atoms with Crippen LogP contribution in [0.1, 0.15) is 37.4 Å². The molecule has 5 rings (SSSR count). The molecule has 0 N–H and O–H groups in total. The number of rotatable bonds is 6. The Morgan fingerprint density at radius 3 is 2.93 bits per heavy atom. The maximum Gasteiger partial charge on any atom is 0.239 e. The van der Waals surface area contributed by atoms with Gasteiger partial charge in [0.05, 0.1) is 36.7 Å². The number of methoxy groups -OCH3 is 1. The van der Waals surface area contributed by atoms with Crippen molar-refractivity contribution in [2.24, 2.45) is 15.9 Å². The number of hydrogen-bond donors (Lipinski definition) is 0. The average Bonchev–Trinajstić information content (AvgIpc) is 3.42. The number of thioether (sulfide) groups is 1. The Hall–Kier alpha value is -2.06. The predicted molar refractivity (Wildman–Crippen MR) is 115 cm³/mol. The van der Waals surface area contributed by atoms with Crippen LogP contribution in [0.15, 0.2) is 22.1 Å². The van der Waals surface area contributed by atoms with E-state index in [2.05, 4.69) is 9.89 Å². The molecular weight excluding hydrogens is 388 g/mol. The summed E-state index contributed by atoms with van der Waals surface area (Å²) in [6.07, 6.45) is 5.71. The van der Waals surface area contributed by atoms with Crippen molar-refractivity contribution in [3.63, 3.8) is 0 Å². The van der Waals surface area contributed by atoms with Gasteiger partial charge in [0.1, 0.15) is 0 Å². The second-order valence-electron chi connectivity index (χ2n) is 7.83. The molecule has 0 aromatic heterocycles. The zero-order valence-corrected chi connectivity index (χ0v) is 17.5. The standard InChI is InChI=1S/C21H26N4O3S/c1-27-17-12-16-15(11-18(17)28-9-4-8-24-6-2-3-7-24)19-23-20-14(5-10-29-20)21(26)25(19)13-22-16/h11-14,19H,2-10H2,1H3. The summed E-state index contributed by atoms with van der Waals surface area (Å²) in [4.78, 5) is 26.4. The Bertz CT molecular complexity index is 866. The number of hydrogen-bond acceptors (Lipinski definition) is 7. The van der Waals surface area contributed by atoms with Gasteiger partial charge < -0.3 is 14.4 Å². The van der Waals surface area contributed by atoms with Crippen LogP contribution in [0.5, 0.6) is 11.5 Å². The van der Waals surface area contributed by atoms with Gasteiger partial charge in [0, 0.05) is 23.9 Å². The summed E-state index contributed by atoms with van der Waals surface area (Å²) in [5.41, 5.74) is 1.68. The fourth-order valence-corrected chi connectivity index (χ4v) is 5.60. The van der Waals surface area contributed by atoms with E-state index in [1.165, 1.54) is 25.9 Å². The van der Waals surface area contributed by atoms with Crippen molar-refractivity contribution in [3.8, 4) is 11.5 Å². The lowest BCUT2D eigenvalue weighted by atomic mass is 10.00. The summed E-state index contributed by atoms with van der Waals surface area (Å²) < 4.78 is 11.6. The Morgan fingerprint density at radius 1 is 1.24 bits per heavy atom. The minimum Gasteiger partial charge on any atom is -0.493 e. The molecule has 0 aliphatic carbocycles. The largest absolute Gasteiger partial charge is 0.493 e. The van der Waals surface area contributed by atoms with Crippen molar-refractivity contribution < 1.29 is 14.3 Å². The number of benzene rings is 1. The molecule has 29 heavy (non-hydrogen) atoms. The summed E-state index contributed by atoms with van der Waals surface area (Å²) in [6, 6.07) is 3.84. The highest BCUT2D eigenvalue weighted by Gasteiger charge is 2.42. The van der Waals surface area contributed by atoms with Crippen LogP contribution in [0.2, 0.25) is 0 Å². The zero-order valence-electron chi connectivity index (χ0n) is 16.7. The van der Waals surface area contributed by atoms with E-state index in [1.807, 2.05) is 12.1 Å². The molecule has 154 valence electrons. The Morgan fingerprint density at radius 2 is 2.10 bits per heavy atom. The van der Waals surface area contributed by atoms with Crippen molar-refractivity contribution in [1.29, 1.82) is 0 Å². The summed E-state index contributed by atoms with van der Waals surface area (Å²) >= 11 is 1.70. The van der Waals surface area contributed by atoms with E-state index in [0.29, 0.717) is 18.1 Å². The van der Waals surface area contributed by atoms with Crippen LogP contribution in [0.4, 0.5) is 5.69 Å². The van der Waals surface area contributed by atoms with Crippen LogP contribution in [-0.4, -0.2) is 66.2 Å². The fourth-order valence-electron chi connectivity index (χ4n) is 4.44. The number of aliphatic imine (C=N–C) groups is 2. The van der Waals surface area contributed by atoms with Gasteiger partial charge in [-0.3, -0.25) is 14.7 Å². The molecule has 2 fully saturated rings. The van der Waals surface area contributed by atoms with Crippen LogP contribution in [0, 0.1) is 5.92 Å². The summed E-state index contributed by atoms with van der Waals surface area (Å²) in [5, 5.41) is 0.960. The molecule has 0 bridgehead atoms. The van der Waals surface area contributed by atoms with Crippen LogP contribution in [-0.2, 0) is 4.79 Å². The van der Waals surface area contributed by atoms with E-state index in [1.54, 1.807) is 30.1 Å². The molecule has 1 aromatic carbocycles. The molecule has 7 nitrogen and oxygen atoms in total. The van der Waals surface area contributed by atoms with Crippen molar-refractivity contribution in [2.75, 3.05) is 39.1 Å². The number of likely N-dealkylation sites (tertiary alicyclic amines) is 1. The van der Waals surface area contributed by atoms with Gasteiger partial charge in [0.15, 0.2) is 17.7 Å². The number of ether oxygens (including phenoxy) is 2. The first-order valence-corrected chi connectivity index (χ1v) is 11.4. The predicted octanol–water partition coefficient (Wildman–Crippen LogP) is 3.23. The van der Waals surface area contributed by atoms with E-state index < -0.39 is 0 Å². The molecule has 2 atom stereocenters. The molecule has 8 heteroatoms. The molecular formula is C21H26N4O3S. The third kappa shape index (κ3) is 3.53. The van der Waals surface area contributed by atoms with Crippen LogP contribution >= 0.6 is 11.8 Å². The van der Waals surface area contributed by atoms with Crippen molar-refractivity contribution in [2.45, 2.75) is 31.8 Å². The summed E-state index contributed by atoms with van der Waals surface area (Å²) in [5.74, 6) is 2.32. The highest BCUT2D eigenvalue weighted by molar-refractivity contribution is 8.14. The molecule has 0 radical (unpaired) electrons. The van der Waals surface area contributed by atoms with Gasteiger partial charge in [-0.05, 0) is 44.8 Å². The Kier molecular flexibility index (Phi) is 5.22. The van der Waals surface area contributed by atoms with Crippen LogP contribution in [0.25, 0.3) is 0 Å². The average molecular weight is 415 g/mol. The van der Waals surface area contributed by atoms with Crippen molar-refractivity contribution in [1.82, 2.24) is 9.80 Å². The third-order valence-electron chi connectivity index (χ3n) is 6.01. The van der Waals surface area contributed by atoms with E-state index >= 15 is 0 Å². The lowest BCUT2D eigenvalue weighted by molar-refractivity contribution is -0.131. The number of carbonyl (C=O) groups excluding carboxylic acids is 1. The van der Waals surface area contributed by atoms with Crippen LogP contribution < -0.4 is 9.47 Å². The van der Waals surface area contributed by atoms with Gasteiger partial charge in [-0.1, -0.05) is 0 Å². The van der Waals surface area contributed by atoms with Gasteiger partial charge in [-0.15, -0.1) is 11.8 Å². The summed E-state index contributed by atoms with van der Waals surface area (Å²) in [6.45, 7) is 4.10. The number of amides is 1. The van der Waals surface area contributed by atoms with Crippen molar-refractivity contribution >= 4 is 34.7 Å². The number of carbonyl (C=O) groups is 1. The van der Waals surface area contributed by atoms with E-state index in [9.17, 15) is 4.79 Å². The minimum atomic E-state index is -0.357. The maximum atomic E-state index is 12.9. The molecule has 0 saturated carbocycles. The van der Waals surface area contributed by atoms with Gasteiger partial charge >= 0.3 is 0 Å². The lowest BCUT2D eigenvalue weighted by Crippen LogP contribution is -2.43. The highest BCUT2D eigenvalue weighted by atomic mass is 32.2. The SMILES string of the molecule is COc1cc2c(cc1OCCCN1CCCC1)C1N=C3SCCC3C(=O)N1C=N2. The zero-order chi connectivity index (χ0) is 19.8. The van der Waals surface area contributed by atoms with Gasteiger partial charge in [0.25, 0.3) is 0 Å². The Labute approximate surface area is 175 Å². The highest BCUT2D eigenvalue weighted by Crippen LogP contribution is 2.45. The normalized spacial score (nSPS) is 25.5. The summed E-state index contributed by atoms with van der Waals surface area (Å²) in [7, 11) is 1.64. The molecule has 0 spiro atoms. The van der Waals surface area contributed by atoms with Gasteiger partial charge in [-0.2, -0.15) is 0 Å². The van der Waals surface area contributed by atoms with E-state index in [0.717, 1.165) is 41.4 Å². The molecule has 4 heterocycles. The second-order valence-corrected chi connectivity index (χ2v) is 8.95. The molecule has 1 amide bonds. The molecule has 1 aromatic rings. The molecule has 4 aliphatic rings. The topological polar surface area (TPSA) is 66.7 Å².